The highest BCUT2D eigenvalue weighted by atomic mass is 32.2. The zero-order valence-electron chi connectivity index (χ0n) is 9.44. The lowest BCUT2D eigenvalue weighted by molar-refractivity contribution is -0.144. The molecule has 5 heteroatoms. The SMILES string of the molecule is CCOC(=O)CC(O)CSCC(C)CN. The minimum atomic E-state index is -0.612. The standard InChI is InChI=1S/C10H21NO3S/c1-3-14-10(13)4-9(12)7-15-6-8(2)5-11/h8-9,12H,3-7,11H2,1-2H3. The number of hydrogen-bond acceptors (Lipinski definition) is 5. The van der Waals surface area contributed by atoms with Crippen molar-refractivity contribution >= 4 is 17.7 Å². The quantitative estimate of drug-likeness (QED) is 0.604. The first-order valence-electron chi connectivity index (χ1n) is 5.21. The number of aliphatic hydroxyl groups excluding tert-OH is 1. The zero-order chi connectivity index (χ0) is 11.7. The summed E-state index contributed by atoms with van der Waals surface area (Å²) in [7, 11) is 0. The Morgan fingerprint density at radius 3 is 2.73 bits per heavy atom. The minimum absolute atomic E-state index is 0.0812. The lowest BCUT2D eigenvalue weighted by Crippen LogP contribution is -2.19. The van der Waals surface area contributed by atoms with E-state index in [0.717, 1.165) is 5.75 Å². The highest BCUT2D eigenvalue weighted by Crippen LogP contribution is 2.10. The fourth-order valence-corrected chi connectivity index (χ4v) is 2.01. The summed E-state index contributed by atoms with van der Waals surface area (Å²) in [5.74, 6) is 1.58. The highest BCUT2D eigenvalue weighted by Gasteiger charge is 2.11. The number of aliphatic hydroxyl groups is 1. The molecule has 0 bridgehead atoms. The average molecular weight is 235 g/mol. The van der Waals surface area contributed by atoms with Crippen molar-refractivity contribution in [1.29, 1.82) is 0 Å². The topological polar surface area (TPSA) is 72.5 Å². The summed E-state index contributed by atoms with van der Waals surface area (Å²) in [6.45, 7) is 4.83. The number of hydrogen-bond donors (Lipinski definition) is 2. The molecule has 4 nitrogen and oxygen atoms in total. The molecule has 0 rings (SSSR count). The van der Waals surface area contributed by atoms with E-state index in [0.29, 0.717) is 24.8 Å². The second-order valence-electron chi connectivity index (χ2n) is 3.54. The van der Waals surface area contributed by atoms with Crippen LogP contribution in [0.25, 0.3) is 0 Å². The van der Waals surface area contributed by atoms with E-state index in [4.69, 9.17) is 10.5 Å². The van der Waals surface area contributed by atoms with Gasteiger partial charge in [0.1, 0.15) is 0 Å². The Labute approximate surface area is 95.6 Å². The van der Waals surface area contributed by atoms with Gasteiger partial charge in [-0.1, -0.05) is 6.92 Å². The van der Waals surface area contributed by atoms with Crippen molar-refractivity contribution in [2.24, 2.45) is 11.7 Å². The molecule has 0 saturated carbocycles. The summed E-state index contributed by atoms with van der Waals surface area (Å²) in [5, 5.41) is 9.48. The Morgan fingerprint density at radius 2 is 2.20 bits per heavy atom. The minimum Gasteiger partial charge on any atom is -0.466 e. The molecular formula is C10H21NO3S. The number of carbonyl (C=O) groups is 1. The molecule has 0 aromatic heterocycles. The Hall–Kier alpha value is -0.260. The second kappa shape index (κ2) is 9.00. The highest BCUT2D eigenvalue weighted by molar-refractivity contribution is 7.99. The molecule has 2 atom stereocenters. The maximum Gasteiger partial charge on any atom is 0.308 e. The zero-order valence-corrected chi connectivity index (χ0v) is 10.3. The number of nitrogens with two attached hydrogens (primary N) is 1. The normalized spacial score (nSPS) is 14.7. The summed E-state index contributed by atoms with van der Waals surface area (Å²) in [6, 6.07) is 0. The van der Waals surface area contributed by atoms with Gasteiger partial charge in [-0.15, -0.1) is 0 Å². The number of esters is 1. The third kappa shape index (κ3) is 8.72. The predicted molar refractivity (Wildman–Crippen MR) is 62.8 cm³/mol. The number of rotatable bonds is 8. The van der Waals surface area contributed by atoms with E-state index in [1.165, 1.54) is 0 Å². The molecule has 0 amide bonds. The van der Waals surface area contributed by atoms with Crippen LogP contribution in [0.3, 0.4) is 0 Å². The van der Waals surface area contributed by atoms with E-state index in [2.05, 4.69) is 6.92 Å². The smallest absolute Gasteiger partial charge is 0.308 e. The summed E-state index contributed by atoms with van der Waals surface area (Å²) in [6.07, 6.45) is -0.531. The van der Waals surface area contributed by atoms with Gasteiger partial charge in [-0.2, -0.15) is 11.8 Å². The summed E-state index contributed by atoms with van der Waals surface area (Å²) >= 11 is 1.62. The van der Waals surface area contributed by atoms with E-state index < -0.39 is 6.10 Å². The first kappa shape index (κ1) is 14.7. The molecule has 2 unspecified atom stereocenters. The number of carbonyl (C=O) groups excluding carboxylic acids is 1. The van der Waals surface area contributed by atoms with Crippen molar-refractivity contribution in [3.63, 3.8) is 0 Å². The van der Waals surface area contributed by atoms with Crippen LogP contribution in [0.15, 0.2) is 0 Å². The van der Waals surface area contributed by atoms with Crippen LogP contribution in [0, 0.1) is 5.92 Å². The molecule has 0 aromatic carbocycles. The van der Waals surface area contributed by atoms with Crippen LogP contribution in [-0.2, 0) is 9.53 Å². The van der Waals surface area contributed by atoms with Crippen LogP contribution in [0.1, 0.15) is 20.3 Å². The molecule has 0 fully saturated rings. The fraction of sp³-hybridized carbons (Fsp3) is 0.900. The Balaban J connectivity index is 3.48. The largest absolute Gasteiger partial charge is 0.466 e. The lowest BCUT2D eigenvalue weighted by Gasteiger charge is -2.11. The van der Waals surface area contributed by atoms with Gasteiger partial charge in [0, 0.05) is 5.75 Å². The molecule has 0 aliphatic rings. The molecule has 0 aromatic rings. The van der Waals surface area contributed by atoms with Gasteiger partial charge in [-0.25, -0.2) is 0 Å². The van der Waals surface area contributed by atoms with Gasteiger partial charge in [0.2, 0.25) is 0 Å². The van der Waals surface area contributed by atoms with E-state index in [1.807, 2.05) is 0 Å². The molecule has 0 heterocycles. The van der Waals surface area contributed by atoms with Gasteiger partial charge in [0.25, 0.3) is 0 Å². The van der Waals surface area contributed by atoms with E-state index in [1.54, 1.807) is 18.7 Å². The lowest BCUT2D eigenvalue weighted by atomic mass is 10.2. The van der Waals surface area contributed by atoms with Crippen molar-refractivity contribution in [2.45, 2.75) is 26.4 Å². The number of ether oxygens (including phenoxy) is 1. The van der Waals surface area contributed by atoms with Crippen LogP contribution in [0.4, 0.5) is 0 Å². The van der Waals surface area contributed by atoms with Crippen LogP contribution >= 0.6 is 11.8 Å². The van der Waals surface area contributed by atoms with Crippen LogP contribution in [-0.4, -0.2) is 41.8 Å². The van der Waals surface area contributed by atoms with Gasteiger partial charge in [-0.3, -0.25) is 4.79 Å². The Morgan fingerprint density at radius 1 is 1.53 bits per heavy atom. The van der Waals surface area contributed by atoms with Gasteiger partial charge < -0.3 is 15.6 Å². The second-order valence-corrected chi connectivity index (χ2v) is 4.62. The monoisotopic (exact) mass is 235 g/mol. The molecule has 90 valence electrons. The van der Waals surface area contributed by atoms with Crippen LogP contribution in [0.5, 0.6) is 0 Å². The fourth-order valence-electron chi connectivity index (χ4n) is 0.945. The Bertz CT molecular complexity index is 178. The molecule has 0 radical (unpaired) electrons. The third-order valence-corrected chi connectivity index (χ3v) is 3.25. The van der Waals surface area contributed by atoms with Crippen molar-refractivity contribution in [2.75, 3.05) is 24.7 Å². The van der Waals surface area contributed by atoms with Crippen LogP contribution in [0.2, 0.25) is 0 Å². The van der Waals surface area contributed by atoms with Gasteiger partial charge in [-0.05, 0) is 25.1 Å². The third-order valence-electron chi connectivity index (χ3n) is 1.82. The van der Waals surface area contributed by atoms with Gasteiger partial charge in [0.15, 0.2) is 0 Å². The molecule has 15 heavy (non-hydrogen) atoms. The molecule has 0 aliphatic heterocycles. The maximum absolute atomic E-state index is 11.0. The van der Waals surface area contributed by atoms with Crippen molar-refractivity contribution in [3.05, 3.63) is 0 Å². The molecule has 0 spiro atoms. The maximum atomic E-state index is 11.0. The van der Waals surface area contributed by atoms with Crippen molar-refractivity contribution < 1.29 is 14.6 Å². The average Bonchev–Trinajstić information content (AvgIpc) is 2.17. The van der Waals surface area contributed by atoms with Crippen molar-refractivity contribution in [1.82, 2.24) is 0 Å². The summed E-state index contributed by atoms with van der Waals surface area (Å²) in [5.41, 5.74) is 5.46. The summed E-state index contributed by atoms with van der Waals surface area (Å²) in [4.78, 5) is 11.0. The first-order valence-corrected chi connectivity index (χ1v) is 6.37. The van der Waals surface area contributed by atoms with E-state index in [9.17, 15) is 9.90 Å². The number of thioether (sulfide) groups is 1. The van der Waals surface area contributed by atoms with Crippen LogP contribution < -0.4 is 5.73 Å². The molecular weight excluding hydrogens is 214 g/mol. The van der Waals surface area contributed by atoms with E-state index >= 15 is 0 Å². The molecule has 3 N–H and O–H groups in total. The van der Waals surface area contributed by atoms with E-state index in [-0.39, 0.29) is 12.4 Å². The Kier molecular flexibility index (Phi) is 8.85. The summed E-state index contributed by atoms with van der Waals surface area (Å²) < 4.78 is 4.73. The van der Waals surface area contributed by atoms with Gasteiger partial charge in [0.05, 0.1) is 19.1 Å². The van der Waals surface area contributed by atoms with Crippen molar-refractivity contribution in [3.8, 4) is 0 Å². The molecule has 0 saturated heterocycles. The van der Waals surface area contributed by atoms with Gasteiger partial charge >= 0.3 is 5.97 Å². The predicted octanol–water partition coefficient (Wildman–Crippen LogP) is 0.629. The first-order chi connectivity index (χ1) is 7.10. The molecule has 0 aliphatic carbocycles.